The Morgan fingerprint density at radius 3 is 2.72 bits per heavy atom. The van der Waals surface area contributed by atoms with E-state index in [1.165, 1.54) is 18.9 Å². The molecule has 1 aliphatic carbocycles. The van der Waals surface area contributed by atoms with Crippen molar-refractivity contribution in [2.24, 2.45) is 0 Å². The Labute approximate surface area is 112 Å². The molecule has 1 unspecified atom stereocenters. The third kappa shape index (κ3) is 3.33. The molecule has 0 radical (unpaired) electrons. The minimum atomic E-state index is -0.833. The molecule has 18 heavy (non-hydrogen) atoms. The maximum absolute atomic E-state index is 13.8. The van der Waals surface area contributed by atoms with Crippen molar-refractivity contribution in [2.45, 2.75) is 44.6 Å². The van der Waals surface area contributed by atoms with Gasteiger partial charge in [-0.2, -0.15) is 0 Å². The summed E-state index contributed by atoms with van der Waals surface area (Å²) in [5.74, 6) is -0.432. The second-order valence-electron chi connectivity index (χ2n) is 4.80. The molecule has 1 nitrogen and oxygen atoms in total. The third-order valence-corrected chi connectivity index (χ3v) is 3.67. The number of aliphatic hydroxyl groups excluding tert-OH is 1. The SMILES string of the molecule is OC(/C1=C/CCCCCC1)c1ccc(Cl)cc1F. The number of benzene rings is 1. The first kappa shape index (κ1) is 13.6. The molecule has 1 aliphatic rings. The highest BCUT2D eigenvalue weighted by molar-refractivity contribution is 6.30. The number of halogens is 2. The second-order valence-corrected chi connectivity index (χ2v) is 5.24. The van der Waals surface area contributed by atoms with Crippen LogP contribution in [-0.2, 0) is 0 Å². The summed E-state index contributed by atoms with van der Waals surface area (Å²) >= 11 is 5.72. The zero-order valence-corrected chi connectivity index (χ0v) is 11.1. The first-order valence-corrected chi connectivity index (χ1v) is 6.88. The number of aliphatic hydroxyl groups is 1. The van der Waals surface area contributed by atoms with Crippen LogP contribution < -0.4 is 0 Å². The summed E-state index contributed by atoms with van der Waals surface area (Å²) < 4.78 is 13.8. The van der Waals surface area contributed by atoms with Gasteiger partial charge in [-0.3, -0.25) is 0 Å². The van der Waals surface area contributed by atoms with Crippen molar-refractivity contribution in [1.29, 1.82) is 0 Å². The average Bonchev–Trinajstić information content (AvgIpc) is 2.27. The van der Waals surface area contributed by atoms with Crippen molar-refractivity contribution in [3.63, 3.8) is 0 Å². The van der Waals surface area contributed by atoms with Crippen LogP contribution in [0.3, 0.4) is 0 Å². The largest absolute Gasteiger partial charge is 0.384 e. The second kappa shape index (κ2) is 6.35. The molecule has 0 heterocycles. The van der Waals surface area contributed by atoms with Crippen LogP contribution in [0, 0.1) is 5.82 Å². The smallest absolute Gasteiger partial charge is 0.130 e. The minimum Gasteiger partial charge on any atom is -0.384 e. The van der Waals surface area contributed by atoms with E-state index in [0.717, 1.165) is 31.3 Å². The average molecular weight is 269 g/mol. The highest BCUT2D eigenvalue weighted by atomic mass is 35.5. The van der Waals surface area contributed by atoms with Crippen LogP contribution in [0.5, 0.6) is 0 Å². The van der Waals surface area contributed by atoms with Crippen LogP contribution in [0.15, 0.2) is 29.8 Å². The molecule has 0 bridgehead atoms. The van der Waals surface area contributed by atoms with Gasteiger partial charge in [-0.15, -0.1) is 0 Å². The highest BCUT2D eigenvalue weighted by Crippen LogP contribution is 2.30. The maximum Gasteiger partial charge on any atom is 0.130 e. The summed E-state index contributed by atoms with van der Waals surface area (Å²) in [5.41, 5.74) is 1.27. The van der Waals surface area contributed by atoms with Crippen molar-refractivity contribution in [2.75, 3.05) is 0 Å². The lowest BCUT2D eigenvalue weighted by Crippen LogP contribution is -2.05. The number of hydrogen-bond donors (Lipinski definition) is 1. The molecule has 0 fully saturated rings. The van der Waals surface area contributed by atoms with Gasteiger partial charge in [-0.25, -0.2) is 4.39 Å². The van der Waals surface area contributed by atoms with Gasteiger partial charge in [0.2, 0.25) is 0 Å². The molecule has 0 spiro atoms. The van der Waals surface area contributed by atoms with E-state index in [1.807, 2.05) is 0 Å². The molecule has 0 aromatic heterocycles. The van der Waals surface area contributed by atoms with E-state index >= 15 is 0 Å². The van der Waals surface area contributed by atoms with Crippen molar-refractivity contribution < 1.29 is 9.50 Å². The lowest BCUT2D eigenvalue weighted by atomic mass is 9.92. The standard InChI is InChI=1S/C15H18ClFO/c16-12-8-9-13(14(17)10-12)15(18)11-6-4-2-1-3-5-7-11/h6,8-10,15,18H,1-5,7H2/b11-6+. The van der Waals surface area contributed by atoms with Crippen molar-refractivity contribution in [1.82, 2.24) is 0 Å². The van der Waals surface area contributed by atoms with Crippen LogP contribution in [0.25, 0.3) is 0 Å². The zero-order valence-electron chi connectivity index (χ0n) is 10.3. The predicted octanol–water partition coefficient (Wildman–Crippen LogP) is 4.79. The van der Waals surface area contributed by atoms with Gasteiger partial charge >= 0.3 is 0 Å². The maximum atomic E-state index is 13.8. The summed E-state index contributed by atoms with van der Waals surface area (Å²) in [7, 11) is 0. The van der Waals surface area contributed by atoms with Crippen LogP contribution in [0.4, 0.5) is 4.39 Å². The van der Waals surface area contributed by atoms with E-state index in [0.29, 0.717) is 10.6 Å². The number of allylic oxidation sites excluding steroid dienone is 1. The van der Waals surface area contributed by atoms with Crippen LogP contribution in [0.1, 0.15) is 50.2 Å². The van der Waals surface area contributed by atoms with Crippen LogP contribution in [-0.4, -0.2) is 5.11 Å². The van der Waals surface area contributed by atoms with Crippen LogP contribution in [0.2, 0.25) is 5.02 Å². The van der Waals surface area contributed by atoms with Gasteiger partial charge in [-0.1, -0.05) is 36.6 Å². The lowest BCUT2D eigenvalue weighted by Gasteiger charge is -2.18. The summed E-state index contributed by atoms with van der Waals surface area (Å²) in [6.07, 6.45) is 7.71. The fourth-order valence-electron chi connectivity index (χ4n) is 2.39. The van der Waals surface area contributed by atoms with Crippen LogP contribution >= 0.6 is 11.6 Å². The highest BCUT2D eigenvalue weighted by Gasteiger charge is 2.17. The minimum absolute atomic E-state index is 0.325. The third-order valence-electron chi connectivity index (χ3n) is 3.43. The van der Waals surface area contributed by atoms with Gasteiger partial charge in [0.1, 0.15) is 11.9 Å². The summed E-state index contributed by atoms with van der Waals surface area (Å²) in [5, 5.41) is 10.6. The van der Waals surface area contributed by atoms with Gasteiger partial charge in [0, 0.05) is 10.6 Å². The number of rotatable bonds is 2. The molecule has 0 amide bonds. The van der Waals surface area contributed by atoms with E-state index < -0.39 is 11.9 Å². The van der Waals surface area contributed by atoms with Crippen molar-refractivity contribution >= 4 is 11.6 Å². The predicted molar refractivity (Wildman–Crippen MR) is 72.2 cm³/mol. The Morgan fingerprint density at radius 1 is 1.17 bits per heavy atom. The summed E-state index contributed by atoms with van der Waals surface area (Å²) in [6.45, 7) is 0. The van der Waals surface area contributed by atoms with E-state index in [1.54, 1.807) is 12.1 Å². The molecule has 3 heteroatoms. The van der Waals surface area contributed by atoms with E-state index in [-0.39, 0.29) is 0 Å². The Bertz CT molecular complexity index is 442. The Balaban J connectivity index is 2.20. The first-order valence-electron chi connectivity index (χ1n) is 6.50. The van der Waals surface area contributed by atoms with Crippen molar-refractivity contribution in [3.05, 3.63) is 46.3 Å². The first-order chi connectivity index (χ1) is 8.68. The molecule has 1 aromatic rings. The van der Waals surface area contributed by atoms with E-state index in [2.05, 4.69) is 6.08 Å². The Hall–Kier alpha value is -0.860. The molecule has 2 rings (SSSR count). The van der Waals surface area contributed by atoms with E-state index in [9.17, 15) is 9.50 Å². The van der Waals surface area contributed by atoms with Gasteiger partial charge in [0.05, 0.1) is 0 Å². The molecular weight excluding hydrogens is 251 g/mol. The fourth-order valence-corrected chi connectivity index (χ4v) is 2.55. The Morgan fingerprint density at radius 2 is 1.94 bits per heavy atom. The van der Waals surface area contributed by atoms with E-state index in [4.69, 9.17) is 11.6 Å². The molecule has 0 saturated heterocycles. The fraction of sp³-hybridized carbons (Fsp3) is 0.467. The lowest BCUT2D eigenvalue weighted by molar-refractivity contribution is 0.204. The Kier molecular flexibility index (Phi) is 4.79. The number of hydrogen-bond acceptors (Lipinski definition) is 1. The quantitative estimate of drug-likeness (QED) is 0.765. The normalized spacial score (nSPS) is 21.6. The van der Waals surface area contributed by atoms with Gasteiger partial charge < -0.3 is 5.11 Å². The zero-order chi connectivity index (χ0) is 13.0. The molecule has 1 aromatic carbocycles. The van der Waals surface area contributed by atoms with Gasteiger partial charge in [0.25, 0.3) is 0 Å². The molecular formula is C15H18ClFO. The summed E-state index contributed by atoms with van der Waals surface area (Å²) in [4.78, 5) is 0. The summed E-state index contributed by atoms with van der Waals surface area (Å²) in [6, 6.07) is 4.44. The molecule has 1 atom stereocenters. The van der Waals surface area contributed by atoms with Crippen molar-refractivity contribution in [3.8, 4) is 0 Å². The van der Waals surface area contributed by atoms with Gasteiger partial charge in [0.15, 0.2) is 0 Å². The molecule has 0 aliphatic heterocycles. The van der Waals surface area contributed by atoms with Gasteiger partial charge in [-0.05, 0) is 43.4 Å². The molecule has 98 valence electrons. The monoisotopic (exact) mass is 268 g/mol. The molecule has 1 N–H and O–H groups in total. The topological polar surface area (TPSA) is 20.2 Å². The molecule has 0 saturated carbocycles.